The van der Waals surface area contributed by atoms with Crippen LogP contribution in [-0.4, -0.2) is 3.71 Å². The molecule has 1 unspecified atom stereocenters. The van der Waals surface area contributed by atoms with E-state index >= 15 is 0 Å². The van der Waals surface area contributed by atoms with Crippen LogP contribution in [0.1, 0.15) is 63.3 Å². The summed E-state index contributed by atoms with van der Waals surface area (Å²) in [5.41, 5.74) is 8.97. The molecule has 0 saturated carbocycles. The predicted molar refractivity (Wildman–Crippen MR) is 144 cm³/mol. The van der Waals surface area contributed by atoms with Gasteiger partial charge in [0.25, 0.3) is 0 Å². The van der Waals surface area contributed by atoms with Gasteiger partial charge in [-0.3, -0.25) is 6.08 Å². The molecule has 0 spiro atoms. The molecule has 0 radical (unpaired) electrons. The Balaban J connectivity index is 0.000000286. The minimum atomic E-state index is -4.22. The average molecular weight is 649 g/mol. The van der Waals surface area contributed by atoms with Gasteiger partial charge in [0.1, 0.15) is 0 Å². The van der Waals surface area contributed by atoms with Gasteiger partial charge < -0.3 is 24.8 Å². The van der Waals surface area contributed by atoms with Crippen LogP contribution in [0.5, 0.6) is 0 Å². The van der Waals surface area contributed by atoms with Crippen molar-refractivity contribution in [2.45, 2.75) is 53.6 Å². The maximum atomic E-state index is 12.0. The standard InChI is InChI=1S/C13H9.C12H19.C8H5F3.2ClH.Zr/c1-3-7-12-10(5-1)9-11-6-2-4-8-13(11)12;1-6-10-7-9(2)8-11(10)12(3,4)5;1-6-2-4-7(5-3-6)8(9,10)11;;;/h1-5,7-8H,9H2;8-9H,6H2,1-5H3;1-5H;2*1H;/q2*-1;;;;+2/p-2. The maximum Gasteiger partial charge on any atom is -0.0253 e. The van der Waals surface area contributed by atoms with Gasteiger partial charge in [0.2, 0.25) is 0 Å². The zero-order valence-electron chi connectivity index (χ0n) is 22.9. The van der Waals surface area contributed by atoms with Crippen LogP contribution in [0.3, 0.4) is 0 Å². The molecule has 39 heavy (non-hydrogen) atoms. The van der Waals surface area contributed by atoms with Gasteiger partial charge in [0.05, 0.1) is 0 Å². The number of allylic oxidation sites excluding steroid dienone is 4. The Bertz CT molecular complexity index is 1240. The third kappa shape index (κ3) is 9.70. The molecule has 0 aliphatic heterocycles. The Morgan fingerprint density at radius 1 is 0.923 bits per heavy atom. The fourth-order valence-corrected chi connectivity index (χ4v) is 4.98. The summed E-state index contributed by atoms with van der Waals surface area (Å²) >= 11 is 1.18. The van der Waals surface area contributed by atoms with Crippen LogP contribution in [0, 0.1) is 23.5 Å². The smallest absolute Gasteiger partial charge is 0.0253 e. The van der Waals surface area contributed by atoms with E-state index in [1.54, 1.807) is 0 Å². The van der Waals surface area contributed by atoms with Crippen LogP contribution in [0.15, 0.2) is 84.0 Å². The van der Waals surface area contributed by atoms with Crippen LogP contribution < -0.4 is 24.8 Å². The van der Waals surface area contributed by atoms with E-state index in [9.17, 15) is 13.2 Å². The van der Waals surface area contributed by atoms with Crippen LogP contribution in [-0.2, 0) is 36.8 Å². The van der Waals surface area contributed by atoms with E-state index in [0.717, 1.165) is 30.5 Å². The molecule has 0 heterocycles. The van der Waals surface area contributed by atoms with Crippen LogP contribution in [0.4, 0.5) is 13.2 Å². The van der Waals surface area contributed by atoms with Crippen LogP contribution in [0.25, 0.3) is 11.1 Å². The zero-order chi connectivity index (χ0) is 27.2. The molecule has 0 aromatic heterocycles. The summed E-state index contributed by atoms with van der Waals surface area (Å²) in [6.07, 6.45) is 3.77. The summed E-state index contributed by atoms with van der Waals surface area (Å²) in [6, 6.07) is 23.2. The monoisotopic (exact) mass is 646 g/mol. The van der Waals surface area contributed by atoms with Crippen molar-refractivity contribution in [3.05, 3.63) is 118 Å². The molecule has 0 N–H and O–H groups in total. The molecular weight excluding hydrogens is 615 g/mol. The predicted octanol–water partition coefficient (Wildman–Crippen LogP) is 3.22. The van der Waals surface area contributed by atoms with Gasteiger partial charge in [-0.2, -0.15) is 41.5 Å². The first kappa shape index (κ1) is 35.3. The summed E-state index contributed by atoms with van der Waals surface area (Å²) in [7, 11) is 0. The topological polar surface area (TPSA) is 0 Å². The first-order valence-corrected chi connectivity index (χ1v) is 14.0. The number of fused-ring (bicyclic) bond motifs is 3. The third-order valence-corrected chi connectivity index (χ3v) is 7.15. The van der Waals surface area contributed by atoms with Gasteiger partial charge in [-0.05, 0) is 6.42 Å². The Morgan fingerprint density at radius 3 is 2.08 bits per heavy atom. The summed E-state index contributed by atoms with van der Waals surface area (Å²) in [4.78, 5) is 0. The number of benzene rings is 3. The number of alkyl halides is 3. The maximum absolute atomic E-state index is 12.0. The summed E-state index contributed by atoms with van der Waals surface area (Å²) in [5, 5.41) is 0. The van der Waals surface area contributed by atoms with Crippen molar-refractivity contribution < 1.29 is 62.2 Å². The molecule has 5 rings (SSSR count). The Morgan fingerprint density at radius 2 is 1.54 bits per heavy atom. The molecule has 206 valence electrons. The van der Waals surface area contributed by atoms with Crippen LogP contribution >= 0.6 is 0 Å². The largest absolute Gasteiger partial charge is 1.00 e. The molecule has 2 aliphatic carbocycles. The average Bonchev–Trinajstić information content (AvgIpc) is 3.44. The SMILES string of the molecule is CCC1=[C-]C(C)C=C1C(C)(C)C.FC(F)(F)c1ccc([CH]=[Zr+2])cc1.[Cl-].[Cl-].[c-]1cccc2c1Cc1ccccc1-2. The van der Waals surface area contributed by atoms with Crippen molar-refractivity contribution in [3.8, 4) is 11.1 Å². The molecule has 1 atom stereocenters. The minimum Gasteiger partial charge on any atom is -1.00 e. The zero-order valence-corrected chi connectivity index (χ0v) is 26.9. The summed E-state index contributed by atoms with van der Waals surface area (Å²) in [6.45, 7) is 11.2. The van der Waals surface area contributed by atoms with Crippen molar-refractivity contribution in [1.29, 1.82) is 0 Å². The van der Waals surface area contributed by atoms with E-state index < -0.39 is 11.7 Å². The first-order valence-electron chi connectivity index (χ1n) is 12.5. The summed E-state index contributed by atoms with van der Waals surface area (Å²) in [5.74, 6) is 0.522. The van der Waals surface area contributed by atoms with Gasteiger partial charge in [0, 0.05) is 0 Å². The van der Waals surface area contributed by atoms with E-state index in [2.05, 4.69) is 89.2 Å². The quantitative estimate of drug-likeness (QED) is 0.293. The molecule has 6 heteroatoms. The Hall–Kier alpha value is -1.74. The molecule has 0 fully saturated rings. The molecule has 0 saturated heterocycles. The van der Waals surface area contributed by atoms with Crippen molar-refractivity contribution in [2.75, 3.05) is 0 Å². The number of rotatable bonds is 2. The number of hydrogen-bond donors (Lipinski definition) is 0. The number of halogens is 5. The van der Waals surface area contributed by atoms with E-state index in [-0.39, 0.29) is 24.8 Å². The van der Waals surface area contributed by atoms with Gasteiger partial charge in [-0.25, -0.2) is 5.57 Å². The second-order valence-corrected chi connectivity index (χ2v) is 11.0. The Labute approximate surface area is 259 Å². The first-order chi connectivity index (χ1) is 17.4. The number of hydrogen-bond acceptors (Lipinski definition) is 0. The van der Waals surface area contributed by atoms with E-state index in [0.29, 0.717) is 11.3 Å². The molecule has 3 aromatic rings. The molecule has 0 nitrogen and oxygen atoms in total. The van der Waals surface area contributed by atoms with E-state index in [1.807, 2.05) is 9.78 Å². The fraction of sp³-hybridized carbons (Fsp3) is 0.303. The van der Waals surface area contributed by atoms with Gasteiger partial charge in [-0.1, -0.05) is 87.8 Å². The third-order valence-electron chi connectivity index (χ3n) is 6.33. The van der Waals surface area contributed by atoms with Crippen molar-refractivity contribution in [2.24, 2.45) is 11.3 Å². The molecule has 3 aromatic carbocycles. The van der Waals surface area contributed by atoms with Crippen molar-refractivity contribution in [1.82, 2.24) is 0 Å². The fourth-order valence-electron chi connectivity index (χ4n) is 4.51. The molecule has 2 aliphatic rings. The summed E-state index contributed by atoms with van der Waals surface area (Å²) < 4.78 is 37.9. The van der Waals surface area contributed by atoms with Gasteiger partial charge in [-0.15, -0.1) is 5.56 Å². The van der Waals surface area contributed by atoms with Gasteiger partial charge >= 0.3 is 82.7 Å². The second-order valence-electron chi connectivity index (χ2n) is 10.3. The molecule has 0 amide bonds. The van der Waals surface area contributed by atoms with Crippen LogP contribution in [0.2, 0.25) is 0 Å². The van der Waals surface area contributed by atoms with Crippen molar-refractivity contribution >= 4 is 3.71 Å². The second kappa shape index (κ2) is 15.3. The molecule has 0 bridgehead atoms. The Kier molecular flexibility index (Phi) is 13.9. The van der Waals surface area contributed by atoms with E-state index in [4.69, 9.17) is 0 Å². The normalized spacial score (nSPS) is 15.0. The minimum absolute atomic E-state index is 0. The van der Waals surface area contributed by atoms with Crippen molar-refractivity contribution in [3.63, 3.8) is 0 Å². The van der Waals surface area contributed by atoms with E-state index in [1.165, 1.54) is 69.8 Å². The molecular formula is C33H33Cl2F3Zr-2. The van der Waals surface area contributed by atoms with Gasteiger partial charge in [0.15, 0.2) is 0 Å².